The van der Waals surface area contributed by atoms with E-state index < -0.39 is 23.6 Å². The summed E-state index contributed by atoms with van der Waals surface area (Å²) in [6.07, 6.45) is 5.33. The van der Waals surface area contributed by atoms with E-state index in [-0.39, 0.29) is 55.7 Å². The average molecular weight is 524 g/mol. The number of hydrogen-bond acceptors (Lipinski definition) is 6. The van der Waals surface area contributed by atoms with Crippen LogP contribution in [0.25, 0.3) is 10.4 Å². The zero-order valence-corrected chi connectivity index (χ0v) is 23.1. The fraction of sp³-hybridized carbons (Fsp3) is 0.517. The maximum Gasteiger partial charge on any atom is 0.246 e. The average Bonchev–Trinajstić information content (AvgIpc) is 3.45. The van der Waals surface area contributed by atoms with Gasteiger partial charge in [-0.2, -0.15) is 0 Å². The number of hydrogen-bond donors (Lipinski definition) is 2. The third-order valence-corrected chi connectivity index (χ3v) is 7.82. The number of likely N-dealkylation sites (tertiary alicyclic amines) is 1. The van der Waals surface area contributed by atoms with Crippen molar-refractivity contribution >= 4 is 28.9 Å². The number of carbonyl (C=O) groups is 3. The highest BCUT2D eigenvalue weighted by Crippen LogP contribution is 2.31. The number of Topliss-reactive ketones (excluding diaryl/α,β-unsaturated/α-hetero) is 1. The van der Waals surface area contributed by atoms with Crippen LogP contribution in [0, 0.1) is 24.7 Å². The lowest BCUT2D eigenvalue weighted by molar-refractivity contribution is -0.143. The Balaban J connectivity index is 1.72. The molecule has 1 aromatic heterocycles. The molecule has 8 heteroatoms. The molecule has 0 spiro atoms. The van der Waals surface area contributed by atoms with Gasteiger partial charge in [0.25, 0.3) is 0 Å². The molecule has 0 aliphatic carbocycles. The van der Waals surface area contributed by atoms with Gasteiger partial charge in [0.1, 0.15) is 6.04 Å². The van der Waals surface area contributed by atoms with Crippen molar-refractivity contribution in [3.63, 3.8) is 0 Å². The number of aliphatic hydroxyl groups is 1. The predicted molar refractivity (Wildman–Crippen MR) is 146 cm³/mol. The number of rotatable bonds is 9. The first kappa shape index (κ1) is 28.5. The monoisotopic (exact) mass is 523 g/mol. The maximum atomic E-state index is 13.6. The van der Waals surface area contributed by atoms with Crippen LogP contribution >= 0.6 is 11.3 Å². The first-order valence-electron chi connectivity index (χ1n) is 12.7. The van der Waals surface area contributed by atoms with Crippen molar-refractivity contribution in [2.75, 3.05) is 6.54 Å². The molecule has 2 aromatic rings. The van der Waals surface area contributed by atoms with Gasteiger partial charge in [-0.3, -0.25) is 14.4 Å². The molecule has 0 unspecified atom stereocenters. The number of aliphatic hydroxyl groups excluding tert-OH is 1. The fourth-order valence-corrected chi connectivity index (χ4v) is 5.51. The molecule has 1 aliphatic heterocycles. The number of aromatic nitrogens is 1. The van der Waals surface area contributed by atoms with Crippen molar-refractivity contribution in [2.45, 2.75) is 84.4 Å². The van der Waals surface area contributed by atoms with Gasteiger partial charge in [0.05, 0.1) is 28.2 Å². The molecular formula is C29H37N3O4S. The summed E-state index contributed by atoms with van der Waals surface area (Å²) in [5.41, 5.74) is 4.36. The van der Waals surface area contributed by atoms with Crippen LogP contribution in [0.4, 0.5) is 0 Å². The molecule has 1 aromatic carbocycles. The Bertz CT molecular complexity index is 1160. The summed E-state index contributed by atoms with van der Waals surface area (Å²) >= 11 is 1.60. The molecule has 198 valence electrons. The van der Waals surface area contributed by atoms with Crippen LogP contribution in [-0.4, -0.2) is 57.3 Å². The van der Waals surface area contributed by atoms with Gasteiger partial charge >= 0.3 is 0 Å². The van der Waals surface area contributed by atoms with Crippen molar-refractivity contribution < 1.29 is 19.5 Å². The zero-order chi connectivity index (χ0) is 27.3. The number of β-amino-alcohol motifs (C(OH)–C–C–N with tert-alkyl or cyclic N) is 1. The minimum absolute atomic E-state index is 0.0549. The number of nitrogens with one attached hydrogen (secondary N) is 1. The lowest BCUT2D eigenvalue weighted by Gasteiger charge is -2.35. The van der Waals surface area contributed by atoms with Crippen LogP contribution in [-0.2, 0) is 14.4 Å². The molecule has 4 atom stereocenters. The Labute approximate surface area is 223 Å². The highest BCUT2D eigenvalue weighted by molar-refractivity contribution is 7.13. The minimum Gasteiger partial charge on any atom is -0.391 e. The lowest BCUT2D eigenvalue weighted by Crippen LogP contribution is -2.56. The second-order valence-corrected chi connectivity index (χ2v) is 11.8. The number of ketones is 1. The molecule has 1 aliphatic rings. The number of aryl methyl sites for hydroxylation is 1. The summed E-state index contributed by atoms with van der Waals surface area (Å²) < 4.78 is 0. The van der Waals surface area contributed by atoms with Gasteiger partial charge in [-0.25, -0.2) is 4.98 Å². The van der Waals surface area contributed by atoms with Gasteiger partial charge < -0.3 is 15.3 Å². The summed E-state index contributed by atoms with van der Waals surface area (Å²) in [4.78, 5) is 46.3. The van der Waals surface area contributed by atoms with Crippen LogP contribution in [0.1, 0.15) is 70.6 Å². The van der Waals surface area contributed by atoms with Crippen molar-refractivity contribution in [1.82, 2.24) is 15.2 Å². The summed E-state index contributed by atoms with van der Waals surface area (Å²) in [5.74, 6) is 1.62. The molecule has 7 nitrogen and oxygen atoms in total. The standard InChI is InChI=1S/C29H37N3O4S/c1-7-8-9-25(35)31-27(29(4,5)6)28(36)32-16-22(33)15-23(32)24(34)14-18(2)20-10-12-21(13-11-20)26-19(3)30-17-37-26/h1,10-13,17-18,22-23,27,33H,8-9,14-16H2,2-6H3,(H,31,35)/t18-,22-,23+,27-/m1/s1. The topological polar surface area (TPSA) is 99.6 Å². The van der Waals surface area contributed by atoms with E-state index >= 15 is 0 Å². The molecule has 0 bridgehead atoms. The minimum atomic E-state index is -0.835. The Morgan fingerprint density at radius 2 is 1.95 bits per heavy atom. The molecule has 37 heavy (non-hydrogen) atoms. The van der Waals surface area contributed by atoms with Gasteiger partial charge in [0.2, 0.25) is 11.8 Å². The normalized spacial score (nSPS) is 19.2. The number of benzene rings is 1. The molecule has 1 saturated heterocycles. The third-order valence-electron chi connectivity index (χ3n) is 6.84. The maximum absolute atomic E-state index is 13.6. The molecule has 0 saturated carbocycles. The quantitative estimate of drug-likeness (QED) is 0.483. The first-order chi connectivity index (χ1) is 17.4. The predicted octanol–water partition coefficient (Wildman–Crippen LogP) is 4.09. The SMILES string of the molecule is C#CCCC(=O)N[C@H](C(=O)N1C[C@H](O)C[C@H]1C(=O)C[C@@H](C)c1ccc(-c2scnc2C)cc1)C(C)(C)C. The second-order valence-electron chi connectivity index (χ2n) is 10.9. The zero-order valence-electron chi connectivity index (χ0n) is 22.3. The third kappa shape index (κ3) is 7.06. The molecular weight excluding hydrogens is 486 g/mol. The van der Waals surface area contributed by atoms with Crippen molar-refractivity contribution in [3.05, 3.63) is 41.0 Å². The smallest absolute Gasteiger partial charge is 0.246 e. The van der Waals surface area contributed by atoms with E-state index in [2.05, 4.69) is 16.2 Å². The Morgan fingerprint density at radius 3 is 2.51 bits per heavy atom. The van der Waals surface area contributed by atoms with Gasteiger partial charge in [0, 0.05) is 32.2 Å². The first-order valence-corrected chi connectivity index (χ1v) is 13.5. The van der Waals surface area contributed by atoms with Crippen molar-refractivity contribution in [1.29, 1.82) is 0 Å². The summed E-state index contributed by atoms with van der Waals surface area (Å²) in [6.45, 7) is 9.63. The number of thiazole rings is 1. The van der Waals surface area contributed by atoms with Crippen LogP contribution in [0.5, 0.6) is 0 Å². The second kappa shape index (κ2) is 12.0. The Morgan fingerprint density at radius 1 is 1.27 bits per heavy atom. The number of carbonyl (C=O) groups excluding carboxylic acids is 3. The van der Waals surface area contributed by atoms with E-state index in [0.29, 0.717) is 0 Å². The van der Waals surface area contributed by atoms with Gasteiger partial charge in [-0.1, -0.05) is 52.0 Å². The van der Waals surface area contributed by atoms with Crippen molar-refractivity contribution in [3.8, 4) is 22.8 Å². The highest BCUT2D eigenvalue weighted by atomic mass is 32.1. The number of terminal acetylenes is 1. The van der Waals surface area contributed by atoms with E-state index in [9.17, 15) is 19.5 Å². The van der Waals surface area contributed by atoms with E-state index in [4.69, 9.17) is 6.42 Å². The van der Waals surface area contributed by atoms with E-state index in [1.807, 2.05) is 64.4 Å². The van der Waals surface area contributed by atoms with E-state index in [0.717, 1.165) is 21.7 Å². The van der Waals surface area contributed by atoms with Gasteiger partial charge in [-0.05, 0) is 29.4 Å². The van der Waals surface area contributed by atoms with Gasteiger partial charge in [-0.15, -0.1) is 23.7 Å². The van der Waals surface area contributed by atoms with Crippen LogP contribution in [0.15, 0.2) is 29.8 Å². The summed E-state index contributed by atoms with van der Waals surface area (Å²) in [5, 5.41) is 13.2. The molecule has 0 radical (unpaired) electrons. The van der Waals surface area contributed by atoms with Crippen LogP contribution in [0.2, 0.25) is 0 Å². The number of amides is 2. The van der Waals surface area contributed by atoms with E-state index in [1.54, 1.807) is 11.3 Å². The Kier molecular flexibility index (Phi) is 9.27. The van der Waals surface area contributed by atoms with Gasteiger partial charge in [0.15, 0.2) is 5.78 Å². The highest BCUT2D eigenvalue weighted by Gasteiger charge is 2.44. The fourth-order valence-electron chi connectivity index (χ4n) is 4.69. The Hall–Kier alpha value is -3.02. The molecule has 3 rings (SSSR count). The summed E-state index contributed by atoms with van der Waals surface area (Å²) in [6, 6.07) is 6.58. The molecule has 2 heterocycles. The van der Waals surface area contributed by atoms with E-state index in [1.165, 1.54) is 4.90 Å². The molecule has 2 amide bonds. The molecule has 1 fully saturated rings. The van der Waals surface area contributed by atoms with Crippen molar-refractivity contribution in [2.24, 2.45) is 5.41 Å². The molecule has 2 N–H and O–H groups in total. The van der Waals surface area contributed by atoms with Crippen LogP contribution < -0.4 is 5.32 Å². The number of nitrogens with zero attached hydrogens (tertiary/aromatic N) is 2. The largest absolute Gasteiger partial charge is 0.391 e. The van der Waals surface area contributed by atoms with Crippen LogP contribution in [0.3, 0.4) is 0 Å². The summed E-state index contributed by atoms with van der Waals surface area (Å²) in [7, 11) is 0. The lowest BCUT2D eigenvalue weighted by atomic mass is 9.85.